The number of benzene rings is 1. The summed E-state index contributed by atoms with van der Waals surface area (Å²) in [5, 5.41) is 15.6. The van der Waals surface area contributed by atoms with Gasteiger partial charge in [-0.2, -0.15) is 9.78 Å². The lowest BCUT2D eigenvalue weighted by Gasteiger charge is -2.03. The van der Waals surface area contributed by atoms with E-state index in [-0.39, 0.29) is 5.69 Å². The summed E-state index contributed by atoms with van der Waals surface area (Å²) in [4.78, 5) is 0. The van der Waals surface area contributed by atoms with Crippen molar-refractivity contribution in [1.29, 1.82) is 0 Å². The van der Waals surface area contributed by atoms with E-state index in [4.69, 9.17) is 5.73 Å². The van der Waals surface area contributed by atoms with Crippen LogP contribution in [0.3, 0.4) is 0 Å². The van der Waals surface area contributed by atoms with Gasteiger partial charge in [-0.1, -0.05) is 0 Å². The highest BCUT2D eigenvalue weighted by molar-refractivity contribution is 5.62. The van der Waals surface area contributed by atoms with Gasteiger partial charge >= 0.3 is 0 Å². The Balaban J connectivity index is 2.11. The van der Waals surface area contributed by atoms with Crippen LogP contribution in [-0.4, -0.2) is 30.0 Å². The van der Waals surface area contributed by atoms with Crippen molar-refractivity contribution in [2.45, 2.75) is 0 Å². The van der Waals surface area contributed by atoms with Gasteiger partial charge in [-0.3, -0.25) is 4.68 Å². The number of aryl methyl sites for hydroxylation is 1. The maximum Gasteiger partial charge on any atom is 0.189 e. The number of nitrogens with zero attached hydrogens (tertiary/aromatic N) is 6. The van der Waals surface area contributed by atoms with Gasteiger partial charge in [0, 0.05) is 24.9 Å². The van der Waals surface area contributed by atoms with Crippen molar-refractivity contribution in [2.75, 3.05) is 5.73 Å². The van der Waals surface area contributed by atoms with Crippen LogP contribution < -0.4 is 5.73 Å². The highest BCUT2D eigenvalue weighted by Crippen LogP contribution is 2.22. The quantitative estimate of drug-likeness (QED) is 0.687. The van der Waals surface area contributed by atoms with Gasteiger partial charge in [0.2, 0.25) is 0 Å². The summed E-state index contributed by atoms with van der Waals surface area (Å²) in [6, 6.07) is 6.10. The SMILES string of the molecule is Cn1ccc(-n2nnnc2-c2ccc(F)c(N)c2)n1. The van der Waals surface area contributed by atoms with Crippen LogP contribution in [0, 0.1) is 5.82 Å². The molecule has 2 heterocycles. The van der Waals surface area contributed by atoms with Crippen molar-refractivity contribution in [3.05, 3.63) is 36.3 Å². The third-order valence-corrected chi connectivity index (χ3v) is 2.64. The number of hydrogen-bond donors (Lipinski definition) is 1. The Bertz CT molecular complexity index is 730. The van der Waals surface area contributed by atoms with Gasteiger partial charge in [0.15, 0.2) is 11.6 Å². The highest BCUT2D eigenvalue weighted by Gasteiger charge is 2.13. The average Bonchev–Trinajstić information content (AvgIpc) is 3.00. The Morgan fingerprint density at radius 3 is 2.79 bits per heavy atom. The molecule has 2 aromatic heterocycles. The Labute approximate surface area is 107 Å². The number of tetrazole rings is 1. The Hall–Kier alpha value is -2.77. The first-order chi connectivity index (χ1) is 9.15. The van der Waals surface area contributed by atoms with E-state index in [1.54, 1.807) is 30.1 Å². The van der Waals surface area contributed by atoms with E-state index in [0.717, 1.165) is 0 Å². The molecule has 0 saturated carbocycles. The predicted molar refractivity (Wildman–Crippen MR) is 65.7 cm³/mol. The molecule has 0 aliphatic rings. The van der Waals surface area contributed by atoms with E-state index in [0.29, 0.717) is 17.2 Å². The topological polar surface area (TPSA) is 87.4 Å². The van der Waals surface area contributed by atoms with E-state index in [9.17, 15) is 4.39 Å². The molecule has 0 aliphatic carbocycles. The highest BCUT2D eigenvalue weighted by atomic mass is 19.1. The summed E-state index contributed by atoms with van der Waals surface area (Å²) >= 11 is 0. The summed E-state index contributed by atoms with van der Waals surface area (Å²) in [6.45, 7) is 0. The maximum absolute atomic E-state index is 13.2. The summed E-state index contributed by atoms with van der Waals surface area (Å²) in [5.41, 5.74) is 6.22. The largest absolute Gasteiger partial charge is 0.396 e. The van der Waals surface area contributed by atoms with E-state index in [1.165, 1.54) is 16.8 Å². The van der Waals surface area contributed by atoms with Crippen molar-refractivity contribution in [3.8, 4) is 17.2 Å². The molecule has 1 aromatic carbocycles. The molecule has 8 heteroatoms. The summed E-state index contributed by atoms with van der Waals surface area (Å²) in [7, 11) is 1.80. The summed E-state index contributed by atoms with van der Waals surface area (Å²) in [6.07, 6.45) is 1.78. The molecule has 0 fully saturated rings. The maximum atomic E-state index is 13.2. The molecule has 0 aliphatic heterocycles. The van der Waals surface area contributed by atoms with Gasteiger partial charge in [0.25, 0.3) is 0 Å². The van der Waals surface area contributed by atoms with Crippen molar-refractivity contribution in [3.63, 3.8) is 0 Å². The van der Waals surface area contributed by atoms with Gasteiger partial charge in [-0.15, -0.1) is 5.10 Å². The molecule has 0 amide bonds. The van der Waals surface area contributed by atoms with Crippen LogP contribution in [-0.2, 0) is 7.05 Å². The van der Waals surface area contributed by atoms with Crippen LogP contribution >= 0.6 is 0 Å². The van der Waals surface area contributed by atoms with Crippen LogP contribution in [0.4, 0.5) is 10.1 Å². The lowest BCUT2D eigenvalue weighted by Crippen LogP contribution is -2.02. The molecule has 0 saturated heterocycles. The fourth-order valence-electron chi connectivity index (χ4n) is 1.72. The molecule has 19 heavy (non-hydrogen) atoms. The second-order valence-electron chi connectivity index (χ2n) is 4.00. The molecule has 0 radical (unpaired) electrons. The molecule has 3 aromatic rings. The smallest absolute Gasteiger partial charge is 0.189 e. The van der Waals surface area contributed by atoms with Crippen LogP contribution in [0.25, 0.3) is 17.2 Å². The molecule has 0 unspecified atom stereocenters. The minimum Gasteiger partial charge on any atom is -0.396 e. The third kappa shape index (κ3) is 1.92. The van der Waals surface area contributed by atoms with E-state index in [2.05, 4.69) is 20.6 Å². The number of nitrogen functional groups attached to an aromatic ring is 1. The van der Waals surface area contributed by atoms with Crippen LogP contribution in [0.2, 0.25) is 0 Å². The zero-order valence-electron chi connectivity index (χ0n) is 10.0. The molecule has 2 N–H and O–H groups in total. The normalized spacial score (nSPS) is 10.8. The number of anilines is 1. The standard InChI is InChI=1S/C11H10FN7/c1-18-5-4-10(15-18)19-11(14-16-17-19)7-2-3-8(12)9(13)6-7/h2-6H,13H2,1H3. The first kappa shape index (κ1) is 11.3. The first-order valence-corrected chi connectivity index (χ1v) is 5.49. The second kappa shape index (κ2) is 4.16. The number of aromatic nitrogens is 6. The van der Waals surface area contributed by atoms with E-state index in [1.807, 2.05) is 0 Å². The monoisotopic (exact) mass is 259 g/mol. The van der Waals surface area contributed by atoms with Gasteiger partial charge < -0.3 is 5.73 Å². The van der Waals surface area contributed by atoms with E-state index < -0.39 is 5.82 Å². The summed E-state index contributed by atoms with van der Waals surface area (Å²) < 4.78 is 16.3. The van der Waals surface area contributed by atoms with Crippen molar-refractivity contribution in [1.82, 2.24) is 30.0 Å². The van der Waals surface area contributed by atoms with Crippen LogP contribution in [0.15, 0.2) is 30.5 Å². The minimum atomic E-state index is -0.472. The fraction of sp³-hybridized carbons (Fsp3) is 0.0909. The van der Waals surface area contributed by atoms with E-state index >= 15 is 0 Å². The fourth-order valence-corrected chi connectivity index (χ4v) is 1.72. The third-order valence-electron chi connectivity index (χ3n) is 2.64. The lowest BCUT2D eigenvalue weighted by molar-refractivity contribution is 0.632. The van der Waals surface area contributed by atoms with Crippen LogP contribution in [0.1, 0.15) is 0 Å². The van der Waals surface area contributed by atoms with Gasteiger partial charge in [-0.25, -0.2) is 4.39 Å². The molecule has 0 atom stereocenters. The molecular formula is C11H10FN7. The second-order valence-corrected chi connectivity index (χ2v) is 4.00. The molecule has 0 bridgehead atoms. The zero-order chi connectivity index (χ0) is 13.4. The first-order valence-electron chi connectivity index (χ1n) is 5.49. The van der Waals surface area contributed by atoms with Gasteiger partial charge in [0.05, 0.1) is 5.69 Å². The predicted octanol–water partition coefficient (Wildman–Crippen LogP) is 0.784. The Morgan fingerprint density at radius 1 is 1.26 bits per heavy atom. The molecule has 7 nitrogen and oxygen atoms in total. The zero-order valence-corrected chi connectivity index (χ0v) is 10.0. The van der Waals surface area contributed by atoms with Crippen molar-refractivity contribution < 1.29 is 4.39 Å². The van der Waals surface area contributed by atoms with Crippen LogP contribution in [0.5, 0.6) is 0 Å². The van der Waals surface area contributed by atoms with Gasteiger partial charge in [0.1, 0.15) is 5.82 Å². The number of hydrogen-bond acceptors (Lipinski definition) is 5. The minimum absolute atomic E-state index is 0.0491. The Morgan fingerprint density at radius 2 is 2.11 bits per heavy atom. The summed E-state index contributed by atoms with van der Waals surface area (Å²) in [5.74, 6) is 0.552. The molecule has 3 rings (SSSR count). The molecule has 0 spiro atoms. The number of rotatable bonds is 2. The lowest BCUT2D eigenvalue weighted by atomic mass is 10.2. The molecule has 96 valence electrons. The number of halogens is 1. The Kier molecular flexibility index (Phi) is 2.48. The van der Waals surface area contributed by atoms with Gasteiger partial charge in [-0.05, 0) is 28.6 Å². The molecular weight excluding hydrogens is 249 g/mol. The van der Waals surface area contributed by atoms with Crippen molar-refractivity contribution in [2.24, 2.45) is 7.05 Å². The average molecular weight is 259 g/mol. The number of nitrogens with two attached hydrogens (primary N) is 1. The van der Waals surface area contributed by atoms with Crippen molar-refractivity contribution >= 4 is 5.69 Å².